The highest BCUT2D eigenvalue weighted by molar-refractivity contribution is 6.35. The van der Waals surface area contributed by atoms with Crippen LogP contribution in [0.1, 0.15) is 18.4 Å². The molecule has 21 heavy (non-hydrogen) atoms. The van der Waals surface area contributed by atoms with Crippen LogP contribution < -0.4 is 4.74 Å². The minimum Gasteiger partial charge on any atom is -0.491 e. The maximum Gasteiger partial charge on any atom is 0.328 e. The van der Waals surface area contributed by atoms with Crippen LogP contribution in [0.15, 0.2) is 18.2 Å². The number of rotatable bonds is 5. The molecule has 0 aromatic heterocycles. The highest BCUT2D eigenvalue weighted by Crippen LogP contribution is 2.34. The monoisotopic (exact) mass is 330 g/mol. The van der Waals surface area contributed by atoms with E-state index in [9.17, 15) is 4.79 Å². The Morgan fingerprint density at radius 3 is 2.76 bits per heavy atom. The van der Waals surface area contributed by atoms with E-state index in [1.54, 1.807) is 12.1 Å². The number of ether oxygens (including phenoxy) is 2. The van der Waals surface area contributed by atoms with E-state index in [2.05, 4.69) is 0 Å². The third-order valence-electron chi connectivity index (χ3n) is 3.25. The van der Waals surface area contributed by atoms with Crippen LogP contribution in [0.25, 0.3) is 6.08 Å². The molecule has 0 saturated carbocycles. The maximum absolute atomic E-state index is 10.7. The van der Waals surface area contributed by atoms with Crippen molar-refractivity contribution in [3.8, 4) is 5.75 Å². The summed E-state index contributed by atoms with van der Waals surface area (Å²) in [4.78, 5) is 10.7. The van der Waals surface area contributed by atoms with E-state index >= 15 is 0 Å². The summed E-state index contributed by atoms with van der Waals surface area (Å²) in [6, 6.07) is 3.22. The Labute approximate surface area is 133 Å². The molecule has 0 spiro atoms. The number of carboxylic acids is 1. The van der Waals surface area contributed by atoms with Crippen LogP contribution in [0.4, 0.5) is 0 Å². The minimum absolute atomic E-state index is 0.375. The van der Waals surface area contributed by atoms with E-state index in [0.717, 1.165) is 32.1 Å². The van der Waals surface area contributed by atoms with Crippen LogP contribution in [-0.2, 0) is 9.53 Å². The van der Waals surface area contributed by atoms with Gasteiger partial charge in [-0.2, -0.15) is 0 Å². The molecule has 0 atom stereocenters. The molecule has 0 bridgehead atoms. The molecule has 4 nitrogen and oxygen atoms in total. The molecule has 1 aliphatic rings. The molecular weight excluding hydrogens is 315 g/mol. The molecule has 114 valence electrons. The van der Waals surface area contributed by atoms with Gasteiger partial charge in [-0.15, -0.1) is 0 Å². The zero-order valence-corrected chi connectivity index (χ0v) is 12.9. The summed E-state index contributed by atoms with van der Waals surface area (Å²) in [7, 11) is 0. The predicted octanol–water partition coefficient (Wildman–Crippen LogP) is 3.90. The molecule has 0 unspecified atom stereocenters. The fourth-order valence-electron chi connectivity index (χ4n) is 2.13. The Kier molecular flexibility index (Phi) is 5.91. The Morgan fingerprint density at radius 2 is 2.10 bits per heavy atom. The molecule has 1 N–H and O–H groups in total. The van der Waals surface area contributed by atoms with Crippen molar-refractivity contribution in [2.45, 2.75) is 12.8 Å². The number of carboxylic acid groups (broad SMARTS) is 1. The van der Waals surface area contributed by atoms with Gasteiger partial charge in [0.15, 0.2) is 0 Å². The number of benzene rings is 1. The first-order valence-corrected chi connectivity index (χ1v) is 7.42. The van der Waals surface area contributed by atoms with E-state index < -0.39 is 5.97 Å². The zero-order valence-electron chi connectivity index (χ0n) is 11.4. The van der Waals surface area contributed by atoms with Crippen molar-refractivity contribution in [2.24, 2.45) is 5.92 Å². The van der Waals surface area contributed by atoms with Gasteiger partial charge in [-0.3, -0.25) is 0 Å². The average Bonchev–Trinajstić information content (AvgIpc) is 2.45. The molecule has 0 amide bonds. The molecule has 1 aromatic rings. The summed E-state index contributed by atoms with van der Waals surface area (Å²) >= 11 is 12.1. The van der Waals surface area contributed by atoms with Gasteiger partial charge in [0.1, 0.15) is 5.75 Å². The van der Waals surface area contributed by atoms with Crippen LogP contribution in [0.2, 0.25) is 10.0 Å². The molecule has 0 radical (unpaired) electrons. The summed E-state index contributed by atoms with van der Waals surface area (Å²) in [5.41, 5.74) is 0.557. The van der Waals surface area contributed by atoms with Gasteiger partial charge in [0, 0.05) is 29.9 Å². The summed E-state index contributed by atoms with van der Waals surface area (Å²) < 4.78 is 11.1. The molecule has 1 fully saturated rings. The Hall–Kier alpha value is -1.23. The third-order valence-corrected chi connectivity index (χ3v) is 3.75. The number of hydrogen-bond donors (Lipinski definition) is 1. The Bertz CT molecular complexity index is 537. The fraction of sp³-hybridized carbons (Fsp3) is 0.400. The molecular formula is C15H16Cl2O4. The maximum atomic E-state index is 10.7. The first kappa shape index (κ1) is 16.1. The van der Waals surface area contributed by atoms with Crippen molar-refractivity contribution in [3.63, 3.8) is 0 Å². The summed E-state index contributed by atoms with van der Waals surface area (Å²) in [6.07, 6.45) is 4.36. The lowest BCUT2D eigenvalue weighted by molar-refractivity contribution is -0.131. The van der Waals surface area contributed by atoms with Gasteiger partial charge in [-0.25, -0.2) is 4.79 Å². The van der Waals surface area contributed by atoms with Crippen LogP contribution in [0.5, 0.6) is 5.75 Å². The number of halogens is 2. The normalized spacial score (nSPS) is 16.3. The van der Waals surface area contributed by atoms with Crippen LogP contribution in [0, 0.1) is 5.92 Å². The van der Waals surface area contributed by atoms with E-state index in [1.807, 2.05) is 0 Å². The van der Waals surface area contributed by atoms with E-state index in [4.69, 9.17) is 37.8 Å². The first-order chi connectivity index (χ1) is 10.1. The second-order valence-corrected chi connectivity index (χ2v) is 5.69. The fourth-order valence-corrected chi connectivity index (χ4v) is 2.70. The quantitative estimate of drug-likeness (QED) is 0.832. The van der Waals surface area contributed by atoms with Gasteiger partial charge in [-0.1, -0.05) is 23.2 Å². The second kappa shape index (κ2) is 7.69. The third kappa shape index (κ3) is 4.92. The highest BCUT2D eigenvalue weighted by Gasteiger charge is 2.16. The average molecular weight is 331 g/mol. The first-order valence-electron chi connectivity index (χ1n) is 6.67. The van der Waals surface area contributed by atoms with Crippen molar-refractivity contribution in [1.29, 1.82) is 0 Å². The summed E-state index contributed by atoms with van der Waals surface area (Å²) in [5, 5.41) is 9.54. The highest BCUT2D eigenvalue weighted by atomic mass is 35.5. The van der Waals surface area contributed by atoms with Crippen LogP contribution in [0.3, 0.4) is 0 Å². The summed E-state index contributed by atoms with van der Waals surface area (Å²) in [5.74, 6) is -0.159. The minimum atomic E-state index is -1.04. The molecule has 0 aliphatic carbocycles. The zero-order chi connectivity index (χ0) is 15.2. The van der Waals surface area contributed by atoms with Crippen molar-refractivity contribution in [3.05, 3.63) is 33.8 Å². The lowest BCUT2D eigenvalue weighted by atomic mass is 10.0. The molecule has 1 saturated heterocycles. The predicted molar refractivity (Wildman–Crippen MR) is 82.2 cm³/mol. The number of hydrogen-bond acceptors (Lipinski definition) is 3. The van der Waals surface area contributed by atoms with Gasteiger partial charge in [0.05, 0.1) is 11.6 Å². The van der Waals surface area contributed by atoms with Crippen LogP contribution in [-0.4, -0.2) is 30.9 Å². The number of carbonyl (C=O) groups is 1. The topological polar surface area (TPSA) is 55.8 Å². The molecule has 1 aromatic carbocycles. The van der Waals surface area contributed by atoms with Crippen molar-refractivity contribution in [2.75, 3.05) is 19.8 Å². The van der Waals surface area contributed by atoms with Gasteiger partial charge >= 0.3 is 5.97 Å². The van der Waals surface area contributed by atoms with Crippen molar-refractivity contribution >= 4 is 35.2 Å². The molecule has 1 aliphatic heterocycles. The van der Waals surface area contributed by atoms with Gasteiger partial charge in [-0.05, 0) is 37.0 Å². The van der Waals surface area contributed by atoms with Gasteiger partial charge in [0.25, 0.3) is 0 Å². The van der Waals surface area contributed by atoms with Gasteiger partial charge in [0.2, 0.25) is 0 Å². The van der Waals surface area contributed by atoms with E-state index in [1.165, 1.54) is 6.08 Å². The lowest BCUT2D eigenvalue weighted by Crippen LogP contribution is -2.21. The largest absolute Gasteiger partial charge is 0.491 e. The Balaban J connectivity index is 2.14. The lowest BCUT2D eigenvalue weighted by Gasteiger charge is -2.23. The van der Waals surface area contributed by atoms with E-state index in [-0.39, 0.29) is 0 Å². The SMILES string of the molecule is O=C(O)C=Cc1cc(Cl)cc(Cl)c1OCC1CCOCC1. The van der Waals surface area contributed by atoms with Crippen LogP contribution >= 0.6 is 23.2 Å². The van der Waals surface area contributed by atoms with Crippen molar-refractivity contribution < 1.29 is 19.4 Å². The summed E-state index contributed by atoms with van der Waals surface area (Å²) in [6.45, 7) is 2.01. The van der Waals surface area contributed by atoms with Gasteiger partial charge < -0.3 is 14.6 Å². The van der Waals surface area contributed by atoms with E-state index in [0.29, 0.717) is 33.9 Å². The number of aliphatic carboxylic acids is 1. The smallest absolute Gasteiger partial charge is 0.328 e. The second-order valence-electron chi connectivity index (χ2n) is 4.84. The Morgan fingerprint density at radius 1 is 1.38 bits per heavy atom. The van der Waals surface area contributed by atoms with Crippen molar-refractivity contribution in [1.82, 2.24) is 0 Å². The standard InChI is InChI=1S/C15H16Cl2O4/c16-12-7-11(1-2-14(18)19)15(13(17)8-12)21-9-10-3-5-20-6-4-10/h1-2,7-8,10H,3-6,9H2,(H,18,19). The molecule has 6 heteroatoms. The molecule has 2 rings (SSSR count). The molecule has 1 heterocycles.